The van der Waals surface area contributed by atoms with Crippen LogP contribution in [0.15, 0.2) is 54.6 Å². The molecule has 0 radical (unpaired) electrons. The predicted octanol–water partition coefficient (Wildman–Crippen LogP) is 3.87. The van der Waals surface area contributed by atoms with Gasteiger partial charge in [0.2, 0.25) is 21.8 Å². The third-order valence-electron chi connectivity index (χ3n) is 5.63. The van der Waals surface area contributed by atoms with Crippen molar-refractivity contribution in [1.82, 2.24) is 10.2 Å². The maximum atomic E-state index is 13.3. The number of hydrogen-bond donors (Lipinski definition) is 1. The Kier molecular flexibility index (Phi) is 10.6. The molecule has 34 heavy (non-hydrogen) atoms. The maximum absolute atomic E-state index is 13.3. The summed E-state index contributed by atoms with van der Waals surface area (Å²) in [6, 6.07) is 16.1. The first-order valence-electron chi connectivity index (χ1n) is 11.8. The summed E-state index contributed by atoms with van der Waals surface area (Å²) in [4.78, 5) is 27.6. The number of carbonyl (C=O) groups is 2. The fraction of sp³-hybridized carbons (Fsp3) is 0.462. The molecule has 0 saturated carbocycles. The highest BCUT2D eigenvalue weighted by Gasteiger charge is 2.26. The van der Waals surface area contributed by atoms with Crippen LogP contribution in [0.5, 0.6) is 0 Å². The third-order valence-corrected chi connectivity index (χ3v) is 6.82. The first-order chi connectivity index (χ1) is 16.1. The molecule has 0 saturated heterocycles. The Morgan fingerprint density at radius 1 is 1.03 bits per heavy atom. The van der Waals surface area contributed by atoms with Crippen LogP contribution in [0.2, 0.25) is 0 Å². The van der Waals surface area contributed by atoms with Gasteiger partial charge in [0.15, 0.2) is 0 Å². The molecule has 1 unspecified atom stereocenters. The number of anilines is 1. The van der Waals surface area contributed by atoms with E-state index in [0.717, 1.165) is 30.2 Å². The molecule has 0 spiro atoms. The molecule has 0 aromatic heterocycles. The summed E-state index contributed by atoms with van der Waals surface area (Å²) in [7, 11) is -3.49. The van der Waals surface area contributed by atoms with Gasteiger partial charge in [-0.3, -0.25) is 13.9 Å². The minimum Gasteiger partial charge on any atom is -0.354 e. The number of hydrogen-bond acceptors (Lipinski definition) is 4. The molecular formula is C26H37N3O4S. The van der Waals surface area contributed by atoms with E-state index in [-0.39, 0.29) is 24.8 Å². The number of amides is 2. The topological polar surface area (TPSA) is 86.8 Å². The fourth-order valence-electron chi connectivity index (χ4n) is 3.72. The second-order valence-electron chi connectivity index (χ2n) is 8.61. The molecule has 0 aliphatic heterocycles. The van der Waals surface area contributed by atoms with Crippen LogP contribution in [0.25, 0.3) is 0 Å². The van der Waals surface area contributed by atoms with Crippen LogP contribution in [0.3, 0.4) is 0 Å². The van der Waals surface area contributed by atoms with Gasteiger partial charge in [0.05, 0.1) is 11.9 Å². The average molecular weight is 488 g/mol. The molecule has 1 N–H and O–H groups in total. The standard InChI is InChI=1S/C26H37N3O4S/c1-5-6-17-27-26(31)22(3)28(20-23-13-10-12-21(2)19-23)25(30)16-11-18-29(34(4,32)33)24-14-8-7-9-15-24/h7-10,12-15,19,22H,5-6,11,16-18,20H2,1-4H3,(H,27,31). The van der Waals surface area contributed by atoms with Gasteiger partial charge >= 0.3 is 0 Å². The van der Waals surface area contributed by atoms with Crippen molar-refractivity contribution in [3.05, 3.63) is 65.7 Å². The first kappa shape index (κ1) is 27.4. The Morgan fingerprint density at radius 3 is 2.35 bits per heavy atom. The zero-order valence-corrected chi connectivity index (χ0v) is 21.5. The number of aryl methyl sites for hydroxylation is 1. The second-order valence-corrected chi connectivity index (χ2v) is 10.5. The zero-order valence-electron chi connectivity index (χ0n) is 20.7. The molecule has 0 bridgehead atoms. The van der Waals surface area contributed by atoms with Gasteiger partial charge < -0.3 is 10.2 Å². The number of para-hydroxylation sites is 1. The molecule has 0 aliphatic carbocycles. The lowest BCUT2D eigenvalue weighted by molar-refractivity contribution is -0.140. The normalized spacial score (nSPS) is 12.1. The average Bonchev–Trinajstić information content (AvgIpc) is 2.79. The summed E-state index contributed by atoms with van der Waals surface area (Å²) in [5.41, 5.74) is 2.60. The highest BCUT2D eigenvalue weighted by molar-refractivity contribution is 7.92. The van der Waals surface area contributed by atoms with Crippen molar-refractivity contribution in [2.24, 2.45) is 0 Å². The number of nitrogens with zero attached hydrogens (tertiary/aromatic N) is 2. The Hall–Kier alpha value is -2.87. The van der Waals surface area contributed by atoms with Crippen LogP contribution in [0.4, 0.5) is 5.69 Å². The molecule has 1 atom stereocenters. The van der Waals surface area contributed by atoms with Crippen LogP contribution < -0.4 is 9.62 Å². The van der Waals surface area contributed by atoms with Gasteiger partial charge in [0, 0.05) is 26.1 Å². The van der Waals surface area contributed by atoms with Crippen LogP contribution in [0, 0.1) is 6.92 Å². The van der Waals surface area contributed by atoms with Crippen molar-refractivity contribution in [1.29, 1.82) is 0 Å². The minimum absolute atomic E-state index is 0.136. The van der Waals surface area contributed by atoms with Gasteiger partial charge in [0.1, 0.15) is 6.04 Å². The number of sulfonamides is 1. The van der Waals surface area contributed by atoms with Crippen LogP contribution >= 0.6 is 0 Å². The smallest absolute Gasteiger partial charge is 0.242 e. The summed E-state index contributed by atoms with van der Waals surface area (Å²) in [5, 5.41) is 2.91. The molecule has 0 aliphatic rings. The lowest BCUT2D eigenvalue weighted by atomic mass is 10.1. The van der Waals surface area contributed by atoms with E-state index in [9.17, 15) is 18.0 Å². The van der Waals surface area contributed by atoms with E-state index in [1.165, 1.54) is 4.31 Å². The Labute approximate surface area is 204 Å². The molecule has 2 amide bonds. The molecule has 7 nitrogen and oxygen atoms in total. The van der Waals surface area contributed by atoms with Crippen molar-refractivity contribution in [2.45, 2.75) is 59.0 Å². The lowest BCUT2D eigenvalue weighted by Gasteiger charge is -2.29. The summed E-state index contributed by atoms with van der Waals surface area (Å²) < 4.78 is 25.9. The van der Waals surface area contributed by atoms with Crippen molar-refractivity contribution in [2.75, 3.05) is 23.7 Å². The molecule has 2 rings (SSSR count). The first-order valence-corrected chi connectivity index (χ1v) is 13.6. The van der Waals surface area contributed by atoms with Gasteiger partial charge in [-0.05, 0) is 44.4 Å². The van der Waals surface area contributed by atoms with Crippen molar-refractivity contribution < 1.29 is 18.0 Å². The lowest BCUT2D eigenvalue weighted by Crippen LogP contribution is -2.48. The van der Waals surface area contributed by atoms with E-state index < -0.39 is 16.1 Å². The fourth-order valence-corrected chi connectivity index (χ4v) is 4.69. The quantitative estimate of drug-likeness (QED) is 0.435. The number of nitrogens with one attached hydrogen (secondary N) is 1. The highest BCUT2D eigenvalue weighted by atomic mass is 32.2. The molecule has 0 fully saturated rings. The summed E-state index contributed by atoms with van der Waals surface area (Å²) >= 11 is 0. The van der Waals surface area contributed by atoms with Crippen molar-refractivity contribution >= 4 is 27.5 Å². The zero-order chi connectivity index (χ0) is 25.1. The van der Waals surface area contributed by atoms with Crippen LogP contribution in [-0.4, -0.2) is 50.5 Å². The van der Waals surface area contributed by atoms with Crippen LogP contribution in [-0.2, 0) is 26.2 Å². The predicted molar refractivity (Wildman–Crippen MR) is 137 cm³/mol. The Balaban J connectivity index is 2.12. The van der Waals surface area contributed by atoms with Gasteiger partial charge in [-0.1, -0.05) is 61.4 Å². The largest absolute Gasteiger partial charge is 0.354 e. The van der Waals surface area contributed by atoms with E-state index in [1.807, 2.05) is 37.3 Å². The van der Waals surface area contributed by atoms with Gasteiger partial charge in [-0.2, -0.15) is 0 Å². The number of carbonyl (C=O) groups excluding carboxylic acids is 2. The van der Waals surface area contributed by atoms with Crippen molar-refractivity contribution in [3.8, 4) is 0 Å². The molecule has 8 heteroatoms. The Morgan fingerprint density at radius 2 is 1.74 bits per heavy atom. The Bertz CT molecular complexity index is 1040. The summed E-state index contributed by atoms with van der Waals surface area (Å²) in [6.07, 6.45) is 3.49. The van der Waals surface area contributed by atoms with E-state index in [4.69, 9.17) is 0 Å². The molecule has 186 valence electrons. The second kappa shape index (κ2) is 13.1. The number of rotatable bonds is 13. The number of unbranched alkanes of at least 4 members (excludes halogenated alkanes) is 1. The summed E-state index contributed by atoms with van der Waals surface area (Å²) in [5.74, 6) is -0.363. The SMILES string of the molecule is CCCCNC(=O)C(C)N(Cc1cccc(C)c1)C(=O)CCCN(c1ccccc1)S(C)(=O)=O. The minimum atomic E-state index is -3.49. The van der Waals surface area contributed by atoms with E-state index in [2.05, 4.69) is 12.2 Å². The van der Waals surface area contributed by atoms with Gasteiger partial charge in [-0.15, -0.1) is 0 Å². The third kappa shape index (κ3) is 8.48. The van der Waals surface area contributed by atoms with Gasteiger partial charge in [-0.25, -0.2) is 8.42 Å². The van der Waals surface area contributed by atoms with E-state index in [1.54, 1.807) is 36.1 Å². The monoisotopic (exact) mass is 487 g/mol. The molecular weight excluding hydrogens is 450 g/mol. The maximum Gasteiger partial charge on any atom is 0.242 e. The molecule has 2 aromatic carbocycles. The molecule has 0 heterocycles. The molecule has 2 aromatic rings. The summed E-state index contributed by atoms with van der Waals surface area (Å²) in [6.45, 7) is 6.86. The van der Waals surface area contributed by atoms with Crippen LogP contribution in [0.1, 0.15) is 50.7 Å². The van der Waals surface area contributed by atoms with Crippen molar-refractivity contribution in [3.63, 3.8) is 0 Å². The number of benzene rings is 2. The highest BCUT2D eigenvalue weighted by Crippen LogP contribution is 2.19. The van der Waals surface area contributed by atoms with E-state index in [0.29, 0.717) is 25.2 Å². The van der Waals surface area contributed by atoms with Gasteiger partial charge in [0.25, 0.3) is 0 Å². The van der Waals surface area contributed by atoms with E-state index >= 15 is 0 Å².